The van der Waals surface area contributed by atoms with Crippen LogP contribution in [-0.2, 0) is 14.3 Å². The molecule has 0 radical (unpaired) electrons. The Morgan fingerprint density at radius 1 is 0.622 bits per heavy atom. The molecule has 0 saturated heterocycles. The number of carbonyl (C=O) groups is 2. The maximum absolute atomic E-state index is 12.3. The van der Waals surface area contributed by atoms with E-state index >= 15 is 0 Å². The number of hydrogen-bond acceptors (Lipinski definition) is 3. The smallest absolute Gasteiger partial charge is 0.181 e. The SMILES string of the molecule is CC1=C(/C=C/C(C)=C/C=C/C(C)=C/C(=O)COCC(=O)/C=C(C)/C=C/C=C(C)/C=C/C2=C(C)CCCC2(C)C)C(C)(C)CCC1. The molecule has 0 saturated carbocycles. The van der Waals surface area contributed by atoms with E-state index in [1.165, 1.54) is 60.8 Å². The summed E-state index contributed by atoms with van der Waals surface area (Å²) in [5, 5.41) is 0. The van der Waals surface area contributed by atoms with Crippen molar-refractivity contribution in [2.75, 3.05) is 13.2 Å². The molecule has 2 rings (SSSR count). The van der Waals surface area contributed by atoms with Crippen molar-refractivity contribution in [3.05, 3.63) is 117 Å². The van der Waals surface area contributed by atoms with Gasteiger partial charge in [-0.15, -0.1) is 0 Å². The number of ether oxygens (including phenoxy) is 1. The minimum atomic E-state index is -0.163. The van der Waals surface area contributed by atoms with Crippen LogP contribution in [0.5, 0.6) is 0 Å². The van der Waals surface area contributed by atoms with E-state index in [1.807, 2.05) is 50.3 Å². The van der Waals surface area contributed by atoms with E-state index < -0.39 is 0 Å². The second-order valence-electron chi connectivity index (χ2n) is 14.3. The molecule has 0 heterocycles. The average Bonchev–Trinajstić information content (AvgIpc) is 2.91. The Balaban J connectivity index is 1.80. The van der Waals surface area contributed by atoms with Gasteiger partial charge in [0.25, 0.3) is 0 Å². The molecular weight excluding hydrogens is 552 g/mol. The van der Waals surface area contributed by atoms with Crippen LogP contribution < -0.4 is 0 Å². The summed E-state index contributed by atoms with van der Waals surface area (Å²) in [5.74, 6) is -0.325. The number of hydrogen-bond donors (Lipinski definition) is 0. The summed E-state index contributed by atoms with van der Waals surface area (Å²) in [4.78, 5) is 24.6. The lowest BCUT2D eigenvalue weighted by Gasteiger charge is -2.33. The van der Waals surface area contributed by atoms with Gasteiger partial charge >= 0.3 is 0 Å². The van der Waals surface area contributed by atoms with Crippen molar-refractivity contribution in [1.82, 2.24) is 0 Å². The predicted octanol–water partition coefficient (Wildman–Crippen LogP) is 11.2. The molecule has 0 aromatic carbocycles. The molecule has 0 spiro atoms. The van der Waals surface area contributed by atoms with Gasteiger partial charge in [0, 0.05) is 0 Å². The molecule has 2 aliphatic rings. The normalized spacial score (nSPS) is 20.5. The lowest BCUT2D eigenvalue weighted by atomic mass is 9.72. The van der Waals surface area contributed by atoms with E-state index in [0.717, 1.165) is 22.3 Å². The summed E-state index contributed by atoms with van der Waals surface area (Å²) in [6, 6.07) is 0. The van der Waals surface area contributed by atoms with E-state index in [1.54, 1.807) is 12.2 Å². The van der Waals surface area contributed by atoms with Crippen LogP contribution in [0, 0.1) is 10.8 Å². The van der Waals surface area contributed by atoms with E-state index in [0.29, 0.717) is 0 Å². The molecule has 2 aliphatic carbocycles. The average molecular weight is 611 g/mol. The third-order valence-electron chi connectivity index (χ3n) is 8.81. The number of rotatable bonds is 14. The zero-order valence-electron chi connectivity index (χ0n) is 29.8. The van der Waals surface area contributed by atoms with Gasteiger partial charge < -0.3 is 4.74 Å². The van der Waals surface area contributed by atoms with Crippen LogP contribution in [0.25, 0.3) is 0 Å². The molecule has 0 aliphatic heterocycles. The third-order valence-corrected chi connectivity index (χ3v) is 8.81. The second kappa shape index (κ2) is 18.0. The first-order chi connectivity index (χ1) is 21.1. The molecule has 0 unspecified atom stereocenters. The molecule has 45 heavy (non-hydrogen) atoms. The van der Waals surface area contributed by atoms with Gasteiger partial charge in [-0.1, -0.05) is 111 Å². The van der Waals surface area contributed by atoms with Crippen LogP contribution in [0.4, 0.5) is 0 Å². The first-order valence-corrected chi connectivity index (χ1v) is 16.6. The molecule has 3 nitrogen and oxygen atoms in total. The first-order valence-electron chi connectivity index (χ1n) is 16.6. The lowest BCUT2D eigenvalue weighted by Crippen LogP contribution is -2.19. The van der Waals surface area contributed by atoms with Crippen molar-refractivity contribution in [1.29, 1.82) is 0 Å². The third kappa shape index (κ3) is 13.7. The summed E-state index contributed by atoms with van der Waals surface area (Å²) in [7, 11) is 0. The van der Waals surface area contributed by atoms with Gasteiger partial charge in [-0.25, -0.2) is 0 Å². The number of allylic oxidation sites excluding steroid dienone is 18. The van der Waals surface area contributed by atoms with Crippen LogP contribution in [-0.4, -0.2) is 24.8 Å². The predicted molar refractivity (Wildman–Crippen MR) is 193 cm³/mol. The monoisotopic (exact) mass is 610 g/mol. The Morgan fingerprint density at radius 3 is 1.36 bits per heavy atom. The van der Waals surface area contributed by atoms with Gasteiger partial charge in [-0.05, 0) is 125 Å². The Hall–Kier alpha value is -3.30. The maximum Gasteiger partial charge on any atom is 0.181 e. The van der Waals surface area contributed by atoms with E-state index in [4.69, 9.17) is 4.74 Å². The molecule has 0 N–H and O–H groups in total. The van der Waals surface area contributed by atoms with Crippen molar-refractivity contribution in [3.8, 4) is 0 Å². The molecule has 0 atom stereocenters. The molecular formula is C42H58O3. The number of ketones is 2. The van der Waals surface area contributed by atoms with Crippen LogP contribution in [0.15, 0.2) is 117 Å². The largest absolute Gasteiger partial charge is 0.365 e. The Labute approximate surface area is 274 Å². The van der Waals surface area contributed by atoms with Gasteiger partial charge in [-0.2, -0.15) is 0 Å². The first kappa shape index (κ1) is 37.9. The van der Waals surface area contributed by atoms with Gasteiger partial charge in [-0.3, -0.25) is 9.59 Å². The lowest BCUT2D eigenvalue weighted by molar-refractivity contribution is -0.123. The fraction of sp³-hybridized carbons (Fsp3) is 0.476. The second-order valence-corrected chi connectivity index (χ2v) is 14.3. The van der Waals surface area contributed by atoms with E-state index in [2.05, 4.69) is 79.7 Å². The van der Waals surface area contributed by atoms with Gasteiger partial charge in [0.15, 0.2) is 11.6 Å². The fourth-order valence-corrected chi connectivity index (χ4v) is 6.20. The summed E-state index contributed by atoms with van der Waals surface area (Å²) in [6.45, 7) is 21.5. The Kier molecular flexibility index (Phi) is 15.2. The minimum absolute atomic E-state index is 0.123. The number of carbonyl (C=O) groups excluding carboxylic acids is 2. The zero-order chi connectivity index (χ0) is 33.6. The Morgan fingerprint density at radius 2 is 1.00 bits per heavy atom. The molecule has 0 aromatic rings. The van der Waals surface area contributed by atoms with Crippen LogP contribution >= 0.6 is 0 Å². The topological polar surface area (TPSA) is 43.4 Å². The van der Waals surface area contributed by atoms with Gasteiger partial charge in [0.05, 0.1) is 0 Å². The highest BCUT2D eigenvalue weighted by Crippen LogP contribution is 2.41. The van der Waals surface area contributed by atoms with E-state index in [-0.39, 0.29) is 35.6 Å². The highest BCUT2D eigenvalue weighted by atomic mass is 16.5. The van der Waals surface area contributed by atoms with Crippen LogP contribution in [0.1, 0.15) is 108 Å². The quantitative estimate of drug-likeness (QED) is 0.145. The van der Waals surface area contributed by atoms with Gasteiger partial charge in [0.2, 0.25) is 0 Å². The zero-order valence-corrected chi connectivity index (χ0v) is 29.8. The molecule has 0 amide bonds. The molecule has 3 heteroatoms. The van der Waals surface area contributed by atoms with Crippen molar-refractivity contribution in [2.24, 2.45) is 10.8 Å². The summed E-state index contributed by atoms with van der Waals surface area (Å²) >= 11 is 0. The van der Waals surface area contributed by atoms with E-state index in [9.17, 15) is 9.59 Å². The summed E-state index contributed by atoms with van der Waals surface area (Å²) < 4.78 is 5.39. The molecule has 0 aromatic heterocycles. The standard InChI is InChI=1S/C42H58O3/c1-31(21-23-39-35(5)19-13-25-41(39,7)8)15-11-17-33(3)27-37(43)29-45-30-38(44)28-34(4)18-12-16-32(2)22-24-40-36(6)20-14-26-42(40,9)10/h11-12,15-18,21-24,27-28H,13-14,19-20,25-26,29-30H2,1-10H3/b17-11+,18-12+,23-21+,24-22+,31-15+,32-16+,33-27+,34-28+. The van der Waals surface area contributed by atoms with Gasteiger partial charge in [0.1, 0.15) is 13.2 Å². The highest BCUT2D eigenvalue weighted by Gasteiger charge is 2.27. The molecule has 0 bridgehead atoms. The van der Waals surface area contributed by atoms with Crippen molar-refractivity contribution in [3.63, 3.8) is 0 Å². The Bertz CT molecular complexity index is 1280. The summed E-state index contributed by atoms with van der Waals surface area (Å²) in [5.41, 5.74) is 10.3. The highest BCUT2D eigenvalue weighted by molar-refractivity contribution is 5.93. The fourth-order valence-electron chi connectivity index (χ4n) is 6.20. The molecule has 244 valence electrons. The van der Waals surface area contributed by atoms with Crippen LogP contribution in [0.3, 0.4) is 0 Å². The van der Waals surface area contributed by atoms with Crippen molar-refractivity contribution in [2.45, 2.75) is 108 Å². The van der Waals surface area contributed by atoms with Crippen molar-refractivity contribution < 1.29 is 14.3 Å². The van der Waals surface area contributed by atoms with Crippen LogP contribution in [0.2, 0.25) is 0 Å². The minimum Gasteiger partial charge on any atom is -0.365 e. The maximum atomic E-state index is 12.3. The summed E-state index contributed by atoms with van der Waals surface area (Å²) in [6.07, 6.45) is 31.2. The van der Waals surface area contributed by atoms with Crippen molar-refractivity contribution >= 4 is 11.6 Å². The molecule has 0 fully saturated rings.